The lowest BCUT2D eigenvalue weighted by atomic mass is 9.83. The second kappa shape index (κ2) is 4.21. The van der Waals surface area contributed by atoms with E-state index in [1.54, 1.807) is 0 Å². The van der Waals surface area contributed by atoms with Gasteiger partial charge in [-0.3, -0.25) is 4.98 Å². The van der Waals surface area contributed by atoms with Gasteiger partial charge in [0.1, 0.15) is 0 Å². The molecule has 3 nitrogen and oxygen atoms in total. The standard InChI is InChI=1S/C12H15BF3NO2/c1-10(2)11(3,4)19-13(18-10)9-7-8(5-6-17-9)12(14,15)16/h5-7H,1-4H3. The molecule has 0 spiro atoms. The lowest BCUT2D eigenvalue weighted by Gasteiger charge is -2.32. The third kappa shape index (κ3) is 2.62. The number of aromatic nitrogens is 1. The van der Waals surface area contributed by atoms with E-state index < -0.39 is 30.1 Å². The van der Waals surface area contributed by atoms with Crippen molar-refractivity contribution in [2.45, 2.75) is 45.1 Å². The van der Waals surface area contributed by atoms with Crippen molar-refractivity contribution in [2.75, 3.05) is 0 Å². The van der Waals surface area contributed by atoms with Gasteiger partial charge in [0, 0.05) is 6.20 Å². The first-order valence-corrected chi connectivity index (χ1v) is 5.92. The molecule has 0 bridgehead atoms. The van der Waals surface area contributed by atoms with Gasteiger partial charge in [-0.25, -0.2) is 0 Å². The maximum Gasteiger partial charge on any atom is 0.514 e. The van der Waals surface area contributed by atoms with Crippen LogP contribution in [0.2, 0.25) is 0 Å². The van der Waals surface area contributed by atoms with Gasteiger partial charge < -0.3 is 9.31 Å². The van der Waals surface area contributed by atoms with Crippen LogP contribution < -0.4 is 5.59 Å². The maximum atomic E-state index is 12.6. The van der Waals surface area contributed by atoms with Crippen LogP contribution >= 0.6 is 0 Å². The van der Waals surface area contributed by atoms with Crippen molar-refractivity contribution in [3.63, 3.8) is 0 Å². The molecule has 0 unspecified atom stereocenters. The summed E-state index contributed by atoms with van der Waals surface area (Å²) in [7, 11) is -0.882. The molecule has 0 radical (unpaired) electrons. The topological polar surface area (TPSA) is 31.4 Å². The first-order chi connectivity index (χ1) is 8.53. The third-order valence-electron chi connectivity index (χ3n) is 3.60. The second-order valence-corrected chi connectivity index (χ2v) is 5.56. The van der Waals surface area contributed by atoms with Crippen LogP contribution in [-0.2, 0) is 15.5 Å². The highest BCUT2D eigenvalue weighted by Crippen LogP contribution is 2.36. The molecule has 0 amide bonds. The van der Waals surface area contributed by atoms with Crippen LogP contribution in [-0.4, -0.2) is 23.3 Å². The van der Waals surface area contributed by atoms with E-state index in [1.165, 1.54) is 0 Å². The lowest BCUT2D eigenvalue weighted by molar-refractivity contribution is -0.137. The zero-order chi connectivity index (χ0) is 14.5. The second-order valence-electron chi connectivity index (χ2n) is 5.56. The highest BCUT2D eigenvalue weighted by atomic mass is 19.4. The van der Waals surface area contributed by atoms with Crippen LogP contribution in [0, 0.1) is 0 Å². The predicted molar refractivity (Wildman–Crippen MR) is 65.0 cm³/mol. The van der Waals surface area contributed by atoms with Crippen molar-refractivity contribution in [1.82, 2.24) is 4.98 Å². The molecule has 0 N–H and O–H groups in total. The molecule has 2 heterocycles. The van der Waals surface area contributed by atoms with Crippen molar-refractivity contribution >= 4 is 12.7 Å². The third-order valence-corrected chi connectivity index (χ3v) is 3.60. The zero-order valence-electron chi connectivity index (χ0n) is 11.2. The van der Waals surface area contributed by atoms with Crippen LogP contribution in [0.15, 0.2) is 18.3 Å². The van der Waals surface area contributed by atoms with Gasteiger partial charge >= 0.3 is 13.3 Å². The molecule has 0 saturated carbocycles. The SMILES string of the molecule is CC1(C)OB(c2cc(C(F)(F)F)ccn2)OC1(C)C. The summed E-state index contributed by atoms with van der Waals surface area (Å²) in [6.45, 7) is 7.34. The highest BCUT2D eigenvalue weighted by molar-refractivity contribution is 6.61. The number of rotatable bonds is 1. The van der Waals surface area contributed by atoms with E-state index in [-0.39, 0.29) is 5.59 Å². The molecule has 1 aromatic heterocycles. The monoisotopic (exact) mass is 273 g/mol. The van der Waals surface area contributed by atoms with E-state index in [1.807, 2.05) is 27.7 Å². The number of hydrogen-bond donors (Lipinski definition) is 0. The smallest absolute Gasteiger partial charge is 0.398 e. The molecule has 1 aromatic rings. The van der Waals surface area contributed by atoms with Gasteiger partial charge in [0.25, 0.3) is 0 Å². The summed E-state index contributed by atoms with van der Waals surface area (Å²) in [6, 6.07) is 1.89. The summed E-state index contributed by atoms with van der Waals surface area (Å²) in [4.78, 5) is 3.92. The predicted octanol–water partition coefficient (Wildman–Crippen LogP) is 2.40. The molecule has 7 heteroatoms. The van der Waals surface area contributed by atoms with Crippen LogP contribution in [0.5, 0.6) is 0 Å². The van der Waals surface area contributed by atoms with Gasteiger partial charge in [-0.1, -0.05) is 0 Å². The molecular formula is C12H15BF3NO2. The normalized spacial score (nSPS) is 21.7. The minimum atomic E-state index is -4.40. The van der Waals surface area contributed by atoms with E-state index in [0.717, 1.165) is 18.3 Å². The number of pyridine rings is 1. The van der Waals surface area contributed by atoms with Crippen molar-refractivity contribution in [1.29, 1.82) is 0 Å². The van der Waals surface area contributed by atoms with Gasteiger partial charge in [0.15, 0.2) is 0 Å². The van der Waals surface area contributed by atoms with Crippen molar-refractivity contribution in [2.24, 2.45) is 0 Å². The lowest BCUT2D eigenvalue weighted by Crippen LogP contribution is -2.41. The van der Waals surface area contributed by atoms with Gasteiger partial charge in [0.2, 0.25) is 0 Å². The average Bonchev–Trinajstić information content (AvgIpc) is 2.47. The first-order valence-electron chi connectivity index (χ1n) is 5.92. The average molecular weight is 273 g/mol. The van der Waals surface area contributed by atoms with Crippen LogP contribution in [0.1, 0.15) is 33.3 Å². The molecule has 0 aromatic carbocycles. The van der Waals surface area contributed by atoms with E-state index in [0.29, 0.717) is 0 Å². The molecule has 19 heavy (non-hydrogen) atoms. The molecule has 1 aliphatic rings. The fourth-order valence-electron chi connectivity index (χ4n) is 1.72. The Hall–Kier alpha value is -1.08. The van der Waals surface area contributed by atoms with Gasteiger partial charge in [0.05, 0.1) is 22.4 Å². The van der Waals surface area contributed by atoms with E-state index in [2.05, 4.69) is 4.98 Å². The quantitative estimate of drug-likeness (QED) is 0.736. The van der Waals surface area contributed by atoms with Gasteiger partial charge in [-0.2, -0.15) is 13.2 Å². The Morgan fingerprint density at radius 2 is 1.63 bits per heavy atom. The number of alkyl halides is 3. The molecule has 0 aliphatic carbocycles. The molecule has 1 fully saturated rings. The highest BCUT2D eigenvalue weighted by Gasteiger charge is 2.52. The van der Waals surface area contributed by atoms with Crippen LogP contribution in [0.25, 0.3) is 0 Å². The minimum absolute atomic E-state index is 0.133. The Morgan fingerprint density at radius 3 is 2.11 bits per heavy atom. The summed E-state index contributed by atoms with van der Waals surface area (Å²) >= 11 is 0. The summed E-state index contributed by atoms with van der Waals surface area (Å²) in [5.41, 5.74) is -1.83. The van der Waals surface area contributed by atoms with E-state index in [9.17, 15) is 13.2 Å². The summed E-state index contributed by atoms with van der Waals surface area (Å²) < 4.78 is 49.3. The fourth-order valence-corrected chi connectivity index (χ4v) is 1.72. The zero-order valence-corrected chi connectivity index (χ0v) is 11.2. The van der Waals surface area contributed by atoms with Gasteiger partial charge in [-0.15, -0.1) is 0 Å². The van der Waals surface area contributed by atoms with Crippen LogP contribution in [0.4, 0.5) is 13.2 Å². The molecule has 1 saturated heterocycles. The number of nitrogens with zero attached hydrogens (tertiary/aromatic N) is 1. The molecular weight excluding hydrogens is 258 g/mol. The van der Waals surface area contributed by atoms with Crippen molar-refractivity contribution in [3.05, 3.63) is 23.9 Å². The van der Waals surface area contributed by atoms with E-state index in [4.69, 9.17) is 9.31 Å². The molecule has 1 aliphatic heterocycles. The Morgan fingerprint density at radius 1 is 1.11 bits per heavy atom. The fraction of sp³-hybridized carbons (Fsp3) is 0.583. The Balaban J connectivity index is 2.30. The van der Waals surface area contributed by atoms with Crippen molar-refractivity contribution in [3.8, 4) is 0 Å². The molecule has 2 rings (SSSR count). The molecule has 104 valence electrons. The first kappa shape index (κ1) is 14.3. The summed E-state index contributed by atoms with van der Waals surface area (Å²) in [5.74, 6) is 0. The number of hydrogen-bond acceptors (Lipinski definition) is 3. The largest absolute Gasteiger partial charge is 0.514 e. The Bertz CT molecular complexity index is 472. The minimum Gasteiger partial charge on any atom is -0.398 e. The maximum absolute atomic E-state index is 12.6. The van der Waals surface area contributed by atoms with E-state index >= 15 is 0 Å². The van der Waals surface area contributed by atoms with Gasteiger partial charge in [-0.05, 0) is 39.8 Å². The number of halogens is 3. The Labute approximate surface area is 110 Å². The Kier molecular flexibility index (Phi) is 3.18. The van der Waals surface area contributed by atoms with Crippen molar-refractivity contribution < 1.29 is 22.5 Å². The van der Waals surface area contributed by atoms with Crippen LogP contribution in [0.3, 0.4) is 0 Å². The summed E-state index contributed by atoms with van der Waals surface area (Å²) in [5, 5.41) is 0. The molecule has 0 atom stereocenters. The summed E-state index contributed by atoms with van der Waals surface area (Å²) in [6.07, 6.45) is -3.29.